The van der Waals surface area contributed by atoms with Crippen LogP contribution >= 0.6 is 11.8 Å². The van der Waals surface area contributed by atoms with Gasteiger partial charge >= 0.3 is 0 Å². The third-order valence-corrected chi connectivity index (χ3v) is 2.91. The highest BCUT2D eigenvalue weighted by molar-refractivity contribution is 7.98. The minimum absolute atomic E-state index is 0.388. The number of hydrogen-bond donors (Lipinski definition) is 3. The van der Waals surface area contributed by atoms with Crippen molar-refractivity contribution in [3.63, 3.8) is 0 Å². The molecule has 15 heavy (non-hydrogen) atoms. The lowest BCUT2D eigenvalue weighted by atomic mass is 10.2. The Balaban J connectivity index is 2.66. The van der Waals surface area contributed by atoms with Crippen LogP contribution in [0.2, 0.25) is 0 Å². The zero-order valence-corrected chi connectivity index (χ0v) is 9.97. The van der Waals surface area contributed by atoms with E-state index in [1.807, 2.05) is 17.8 Å². The van der Waals surface area contributed by atoms with Gasteiger partial charge in [0.05, 0.1) is 5.69 Å². The lowest BCUT2D eigenvalue weighted by molar-refractivity contribution is 0.770. The fraction of sp³-hybridized carbons (Fsp3) is 0.500. The van der Waals surface area contributed by atoms with Gasteiger partial charge in [0.1, 0.15) is 11.6 Å². The van der Waals surface area contributed by atoms with Gasteiger partial charge in [-0.3, -0.25) is 0 Å². The van der Waals surface area contributed by atoms with E-state index in [0.717, 1.165) is 18.0 Å². The predicted molar refractivity (Wildman–Crippen MR) is 69.1 cm³/mol. The van der Waals surface area contributed by atoms with E-state index >= 15 is 0 Å². The summed E-state index contributed by atoms with van der Waals surface area (Å²) in [4.78, 5) is 4.18. The molecule has 0 fully saturated rings. The zero-order chi connectivity index (χ0) is 11.3. The molecule has 1 rings (SSSR count). The molecule has 0 aliphatic heterocycles. The summed E-state index contributed by atoms with van der Waals surface area (Å²) in [6.07, 6.45) is 3.15. The van der Waals surface area contributed by atoms with Gasteiger partial charge in [0.25, 0.3) is 0 Å². The molecule has 1 heterocycles. The van der Waals surface area contributed by atoms with Crippen LogP contribution in [0.25, 0.3) is 0 Å². The Labute approximate surface area is 94.8 Å². The van der Waals surface area contributed by atoms with E-state index in [-0.39, 0.29) is 0 Å². The van der Waals surface area contributed by atoms with Crippen LogP contribution in [0.4, 0.5) is 17.3 Å². The van der Waals surface area contributed by atoms with Crippen LogP contribution in [0.15, 0.2) is 12.1 Å². The maximum atomic E-state index is 5.63. The zero-order valence-electron chi connectivity index (χ0n) is 9.16. The second-order valence-corrected chi connectivity index (χ2v) is 4.29. The lowest BCUT2D eigenvalue weighted by Gasteiger charge is -2.16. The number of nitrogen functional groups attached to an aromatic ring is 2. The molecule has 0 amide bonds. The molecule has 4 nitrogen and oxygen atoms in total. The summed E-state index contributed by atoms with van der Waals surface area (Å²) in [5, 5.41) is 3.33. The maximum Gasteiger partial charge on any atom is 0.149 e. The van der Waals surface area contributed by atoms with Crippen LogP contribution in [-0.4, -0.2) is 23.0 Å². The summed E-state index contributed by atoms with van der Waals surface area (Å²) in [5.74, 6) is 2.24. The molecule has 1 aromatic rings. The highest BCUT2D eigenvalue weighted by Crippen LogP contribution is 2.16. The van der Waals surface area contributed by atoms with Crippen LogP contribution in [0.5, 0.6) is 0 Å². The van der Waals surface area contributed by atoms with Gasteiger partial charge in [0.15, 0.2) is 0 Å². The molecular formula is C10H18N4S. The molecule has 5 N–H and O–H groups in total. The minimum atomic E-state index is 0.388. The quantitative estimate of drug-likeness (QED) is 0.713. The summed E-state index contributed by atoms with van der Waals surface area (Å²) in [7, 11) is 0. The number of nitrogens with one attached hydrogen (secondary N) is 1. The van der Waals surface area contributed by atoms with Crippen LogP contribution in [0.1, 0.15) is 13.3 Å². The van der Waals surface area contributed by atoms with E-state index < -0.39 is 0 Å². The molecule has 0 aliphatic carbocycles. The number of hydrogen-bond acceptors (Lipinski definition) is 5. The van der Waals surface area contributed by atoms with Crippen molar-refractivity contribution in [1.29, 1.82) is 0 Å². The largest absolute Gasteiger partial charge is 0.396 e. The van der Waals surface area contributed by atoms with Crippen LogP contribution in [0.3, 0.4) is 0 Å². The molecule has 0 aliphatic rings. The minimum Gasteiger partial charge on any atom is -0.396 e. The number of aromatic nitrogens is 1. The molecule has 0 bridgehead atoms. The highest BCUT2D eigenvalue weighted by Gasteiger charge is 2.06. The molecule has 5 heteroatoms. The Morgan fingerprint density at radius 2 is 2.20 bits per heavy atom. The average Bonchev–Trinajstić information content (AvgIpc) is 2.23. The first kappa shape index (κ1) is 12.0. The van der Waals surface area contributed by atoms with Gasteiger partial charge < -0.3 is 16.8 Å². The van der Waals surface area contributed by atoms with Crippen molar-refractivity contribution >= 4 is 29.1 Å². The Morgan fingerprint density at radius 3 is 2.73 bits per heavy atom. The van der Waals surface area contributed by atoms with Crippen LogP contribution < -0.4 is 16.8 Å². The molecule has 84 valence electrons. The normalized spacial score (nSPS) is 12.4. The second kappa shape index (κ2) is 5.70. The van der Waals surface area contributed by atoms with E-state index in [9.17, 15) is 0 Å². The number of nitrogens with two attached hydrogens (primary N) is 2. The lowest BCUT2D eigenvalue weighted by Crippen LogP contribution is -2.22. The number of pyridine rings is 1. The summed E-state index contributed by atoms with van der Waals surface area (Å²) >= 11 is 1.81. The smallest absolute Gasteiger partial charge is 0.149 e. The van der Waals surface area contributed by atoms with E-state index in [4.69, 9.17) is 11.5 Å². The van der Waals surface area contributed by atoms with Gasteiger partial charge in [0.2, 0.25) is 0 Å². The first-order valence-corrected chi connectivity index (χ1v) is 6.34. The molecule has 0 radical (unpaired) electrons. The number of thioether (sulfide) groups is 1. The van der Waals surface area contributed by atoms with Crippen molar-refractivity contribution in [2.75, 3.05) is 28.8 Å². The molecule has 0 saturated carbocycles. The SMILES string of the molecule is CCC(CSC)Nc1ccc(N)c(N)n1. The third kappa shape index (κ3) is 3.51. The summed E-state index contributed by atoms with van der Waals surface area (Å²) < 4.78 is 0. The summed E-state index contributed by atoms with van der Waals surface area (Å²) in [5.41, 5.74) is 11.7. The standard InChI is InChI=1S/C10H18N4S/c1-3-7(6-15-2)13-9-5-4-8(11)10(12)14-9/h4-5,7H,3,6,11H2,1-2H3,(H3,12,13,14). The maximum absolute atomic E-state index is 5.63. The second-order valence-electron chi connectivity index (χ2n) is 3.38. The van der Waals surface area contributed by atoms with E-state index in [2.05, 4.69) is 23.5 Å². The molecular weight excluding hydrogens is 208 g/mol. The topological polar surface area (TPSA) is 77.0 Å². The van der Waals surface area contributed by atoms with Crippen molar-refractivity contribution in [3.05, 3.63) is 12.1 Å². The summed E-state index contributed by atoms with van der Waals surface area (Å²) in [6.45, 7) is 2.15. The van der Waals surface area contributed by atoms with Crippen molar-refractivity contribution < 1.29 is 0 Å². The van der Waals surface area contributed by atoms with Gasteiger partial charge in [-0.05, 0) is 24.8 Å². The molecule has 0 saturated heterocycles. The average molecular weight is 226 g/mol. The fourth-order valence-corrected chi connectivity index (χ4v) is 1.96. The number of anilines is 3. The van der Waals surface area contributed by atoms with Crippen molar-refractivity contribution in [2.24, 2.45) is 0 Å². The Hall–Kier alpha value is -1.10. The van der Waals surface area contributed by atoms with Gasteiger partial charge in [-0.15, -0.1) is 0 Å². The monoisotopic (exact) mass is 226 g/mol. The first-order chi connectivity index (χ1) is 7.17. The molecule has 0 aromatic carbocycles. The van der Waals surface area contributed by atoms with Crippen LogP contribution in [0, 0.1) is 0 Å². The van der Waals surface area contributed by atoms with Crippen molar-refractivity contribution in [3.8, 4) is 0 Å². The van der Waals surface area contributed by atoms with Crippen molar-refractivity contribution in [1.82, 2.24) is 4.98 Å². The molecule has 0 spiro atoms. The number of rotatable bonds is 5. The third-order valence-electron chi connectivity index (χ3n) is 2.17. The molecule has 1 unspecified atom stereocenters. The van der Waals surface area contributed by atoms with E-state index in [0.29, 0.717) is 17.5 Å². The van der Waals surface area contributed by atoms with Crippen LogP contribution in [-0.2, 0) is 0 Å². The van der Waals surface area contributed by atoms with E-state index in [1.165, 1.54) is 0 Å². The predicted octanol–water partition coefficient (Wildman–Crippen LogP) is 1.80. The number of nitrogens with zero attached hydrogens (tertiary/aromatic N) is 1. The molecule has 1 aromatic heterocycles. The van der Waals surface area contributed by atoms with Gasteiger partial charge in [-0.25, -0.2) is 4.98 Å². The first-order valence-electron chi connectivity index (χ1n) is 4.94. The Bertz CT molecular complexity index is 316. The summed E-state index contributed by atoms with van der Waals surface area (Å²) in [6, 6.07) is 4.06. The van der Waals surface area contributed by atoms with Gasteiger partial charge in [-0.1, -0.05) is 6.92 Å². The fourth-order valence-electron chi connectivity index (χ4n) is 1.24. The highest BCUT2D eigenvalue weighted by atomic mass is 32.2. The molecule has 1 atom stereocenters. The van der Waals surface area contributed by atoms with Gasteiger partial charge in [0, 0.05) is 11.8 Å². The Kier molecular flexibility index (Phi) is 4.55. The Morgan fingerprint density at radius 1 is 1.47 bits per heavy atom. The van der Waals surface area contributed by atoms with Gasteiger partial charge in [-0.2, -0.15) is 11.8 Å². The van der Waals surface area contributed by atoms with Crippen molar-refractivity contribution in [2.45, 2.75) is 19.4 Å². The van der Waals surface area contributed by atoms with E-state index in [1.54, 1.807) is 6.07 Å².